The van der Waals surface area contributed by atoms with Gasteiger partial charge in [0.25, 0.3) is 8.56 Å². The second-order valence-corrected chi connectivity index (χ2v) is 10.5. The van der Waals surface area contributed by atoms with Crippen molar-refractivity contribution in [2.75, 3.05) is 0 Å². The summed E-state index contributed by atoms with van der Waals surface area (Å²) in [5, 5.41) is 14.8. The van der Waals surface area contributed by atoms with Crippen molar-refractivity contribution in [3.8, 4) is 0 Å². The van der Waals surface area contributed by atoms with Gasteiger partial charge in [-0.05, 0) is 12.5 Å². The smallest absolute Gasteiger partial charge is 0.327 e. The Hall–Kier alpha value is -1.37. The minimum absolute atomic E-state index is 1.09. The molecule has 0 unspecified atom stereocenters. The minimum atomic E-state index is -9.18. The summed E-state index contributed by atoms with van der Waals surface area (Å²) < 4.78 is 277. The van der Waals surface area contributed by atoms with E-state index in [-0.39, 0.29) is 0 Å². The average molecular weight is 637 g/mol. The molecule has 25 heteroatoms. The maximum atomic E-state index is 13.7. The topological polar surface area (TPSA) is 78.1 Å². The Morgan fingerprint density at radius 3 is 0.842 bits per heavy atom. The predicted octanol–water partition coefficient (Wildman–Crippen LogP) is 5.86. The van der Waals surface area contributed by atoms with Crippen molar-refractivity contribution in [1.82, 2.24) is 0 Å². The van der Waals surface area contributed by atoms with E-state index in [2.05, 4.69) is 0 Å². The molecule has 3 nitrogen and oxygen atoms in total. The van der Waals surface area contributed by atoms with E-state index < -0.39 is 86.9 Å². The molecule has 6 N–H and O–H groups in total. The number of nitrogens with two attached hydrogens (primary N) is 3. The second-order valence-electron chi connectivity index (χ2n) is 7.76. The Morgan fingerprint density at radius 2 is 0.605 bits per heavy atom. The highest BCUT2D eigenvalue weighted by molar-refractivity contribution is 6.70. The van der Waals surface area contributed by atoms with Gasteiger partial charge in [0.2, 0.25) is 0 Å². The van der Waals surface area contributed by atoms with Crippen LogP contribution in [-0.4, -0.2) is 68.0 Å². The fourth-order valence-corrected chi connectivity index (χ4v) is 3.15. The van der Waals surface area contributed by atoms with Crippen molar-refractivity contribution >= 4 is 8.56 Å². The fraction of sp³-hybridized carbons (Fsp3) is 1.00. The van der Waals surface area contributed by atoms with Crippen LogP contribution >= 0.6 is 0 Å². The molecule has 0 heterocycles. The summed E-state index contributed by atoms with van der Waals surface area (Å²) in [6, 6.07) is -1.09. The maximum Gasteiger partial charge on any atom is 0.460 e. The van der Waals surface area contributed by atoms with Crippen molar-refractivity contribution in [3.63, 3.8) is 0 Å². The Balaban J connectivity index is 6.83. The van der Waals surface area contributed by atoms with Crippen LogP contribution in [0.5, 0.6) is 0 Å². The van der Waals surface area contributed by atoms with E-state index in [1.54, 1.807) is 0 Å². The Kier molecular flexibility index (Phi) is 9.00. The molecule has 0 spiro atoms. The third kappa shape index (κ3) is 5.10. The lowest BCUT2D eigenvalue weighted by molar-refractivity contribution is -0.474. The summed E-state index contributed by atoms with van der Waals surface area (Å²) in [5.74, 6) is -76.9. The predicted molar refractivity (Wildman–Crippen MR) is 82.9 cm³/mol. The molecule has 0 aliphatic carbocycles. The van der Waals surface area contributed by atoms with Gasteiger partial charge in [0.1, 0.15) is 0 Å². The van der Waals surface area contributed by atoms with Gasteiger partial charge in [0.05, 0.1) is 0 Å². The van der Waals surface area contributed by atoms with Gasteiger partial charge in [-0.2, -0.15) is 92.2 Å². The Labute approximate surface area is 196 Å². The summed E-state index contributed by atoms with van der Waals surface area (Å²) in [6.45, 7) is 0. The van der Waals surface area contributed by atoms with Gasteiger partial charge in [0.15, 0.2) is 0 Å². The van der Waals surface area contributed by atoms with Crippen molar-refractivity contribution < 1.29 is 92.2 Å². The molecule has 0 saturated heterocycles. The molecule has 0 fully saturated rings. The summed E-state index contributed by atoms with van der Waals surface area (Å²) in [7, 11) is -3.95. The molecule has 0 atom stereocenters. The number of halogens is 21. The van der Waals surface area contributed by atoms with Crippen LogP contribution in [-0.2, 0) is 0 Å². The Morgan fingerprint density at radius 1 is 0.368 bits per heavy atom. The third-order valence-corrected chi connectivity index (χ3v) is 5.90. The van der Waals surface area contributed by atoms with Gasteiger partial charge < -0.3 is 16.2 Å². The standard InChI is InChI=1S/C13H12F21N3Si/c14-4(15,2-1-3-38(35,36)37)5(16,17)6(18,19)7(20,21)8(22,23)9(24,25)10(26,27)11(28,29)12(30,31)13(32,33)34/h1-3,35-37H2. The monoisotopic (exact) mass is 637 g/mol. The first-order chi connectivity index (χ1) is 16.0. The number of alkyl halides is 21. The fourth-order valence-electron chi connectivity index (χ4n) is 2.36. The van der Waals surface area contributed by atoms with Gasteiger partial charge in [-0.1, -0.05) is 0 Å². The zero-order valence-corrected chi connectivity index (χ0v) is 18.3. The number of rotatable bonds is 12. The van der Waals surface area contributed by atoms with Crippen LogP contribution in [0.1, 0.15) is 12.8 Å². The van der Waals surface area contributed by atoms with Crippen LogP contribution in [0, 0.1) is 0 Å². The summed E-state index contributed by atoms with van der Waals surface area (Å²) in [4.78, 5) is 0. The lowest BCUT2D eigenvalue weighted by Gasteiger charge is -2.44. The summed E-state index contributed by atoms with van der Waals surface area (Å²) >= 11 is 0. The van der Waals surface area contributed by atoms with Gasteiger partial charge in [-0.25, -0.2) is 0 Å². The number of hydrogen-bond donors (Lipinski definition) is 3. The molecule has 230 valence electrons. The van der Waals surface area contributed by atoms with Crippen LogP contribution in [0.3, 0.4) is 0 Å². The maximum absolute atomic E-state index is 13.7. The molecule has 0 saturated carbocycles. The molecule has 0 radical (unpaired) electrons. The molecule has 0 aromatic heterocycles. The average Bonchev–Trinajstić information content (AvgIpc) is 2.64. The molecule has 38 heavy (non-hydrogen) atoms. The summed E-state index contributed by atoms with van der Waals surface area (Å²) in [5.41, 5.74) is 0. The zero-order chi connectivity index (χ0) is 31.6. The highest BCUT2D eigenvalue weighted by Gasteiger charge is 2.97. The van der Waals surface area contributed by atoms with E-state index >= 15 is 0 Å². The van der Waals surface area contributed by atoms with Crippen LogP contribution in [0.2, 0.25) is 6.04 Å². The van der Waals surface area contributed by atoms with E-state index in [0.29, 0.717) is 0 Å². The molecule has 0 amide bonds. The quantitative estimate of drug-likeness (QED) is 0.185. The van der Waals surface area contributed by atoms with Gasteiger partial charge in [-0.15, -0.1) is 0 Å². The first-order valence-electron chi connectivity index (χ1n) is 8.79. The van der Waals surface area contributed by atoms with Crippen molar-refractivity contribution in [1.29, 1.82) is 0 Å². The van der Waals surface area contributed by atoms with Crippen LogP contribution in [0.15, 0.2) is 0 Å². The lowest BCUT2D eigenvalue weighted by Crippen LogP contribution is -2.76. The van der Waals surface area contributed by atoms with Crippen molar-refractivity contribution in [2.45, 2.75) is 78.4 Å². The van der Waals surface area contributed by atoms with E-state index in [0.717, 1.165) is 0 Å². The lowest BCUT2D eigenvalue weighted by atomic mass is 9.85. The van der Waals surface area contributed by atoms with E-state index in [9.17, 15) is 92.2 Å². The normalized spacial score (nSPS) is 16.7. The molecule has 0 aromatic rings. The van der Waals surface area contributed by atoms with Crippen LogP contribution < -0.4 is 16.2 Å². The van der Waals surface area contributed by atoms with E-state index in [1.807, 2.05) is 0 Å². The van der Waals surface area contributed by atoms with Crippen molar-refractivity contribution in [3.05, 3.63) is 0 Å². The first-order valence-corrected chi connectivity index (χ1v) is 11.2. The first kappa shape index (κ1) is 36.6. The molecular formula is C13H12F21N3Si. The highest BCUT2D eigenvalue weighted by Crippen LogP contribution is 2.66. The van der Waals surface area contributed by atoms with E-state index in [1.165, 1.54) is 0 Å². The largest absolute Gasteiger partial charge is 0.460 e. The molecule has 0 aliphatic heterocycles. The van der Waals surface area contributed by atoms with E-state index in [4.69, 9.17) is 16.2 Å². The van der Waals surface area contributed by atoms with Crippen LogP contribution in [0.4, 0.5) is 92.2 Å². The van der Waals surface area contributed by atoms with Crippen LogP contribution in [0.25, 0.3) is 0 Å². The SMILES string of the molecule is N[Si](N)(N)CCCC(F)(F)C(F)(F)C(F)(F)C(F)(F)C(F)(F)C(F)(F)C(F)(F)C(F)(F)C(F)(F)C(F)(F)F. The summed E-state index contributed by atoms with van der Waals surface area (Å²) in [6.07, 6.45) is -12.3. The molecular weight excluding hydrogens is 625 g/mol. The van der Waals surface area contributed by atoms with Gasteiger partial charge in [0, 0.05) is 6.42 Å². The third-order valence-electron chi connectivity index (χ3n) is 4.68. The highest BCUT2D eigenvalue weighted by atomic mass is 28.4. The second kappa shape index (κ2) is 9.34. The number of hydrogen-bond acceptors (Lipinski definition) is 3. The Bertz CT molecular complexity index is 842. The van der Waals surface area contributed by atoms with Gasteiger partial charge >= 0.3 is 59.5 Å². The molecule has 0 bridgehead atoms. The molecule has 0 aromatic carbocycles. The van der Waals surface area contributed by atoms with Gasteiger partial charge in [-0.3, -0.25) is 0 Å². The van der Waals surface area contributed by atoms with Crippen molar-refractivity contribution in [2.24, 2.45) is 16.2 Å². The molecule has 0 rings (SSSR count). The molecule has 0 aliphatic rings. The minimum Gasteiger partial charge on any atom is -0.327 e. The zero-order valence-electron chi connectivity index (χ0n) is 17.3.